The molecule has 1 N–H and O–H groups in total. The minimum atomic E-state index is -8.12. The summed E-state index contributed by atoms with van der Waals surface area (Å²) in [7, 11) is 0. The van der Waals surface area contributed by atoms with Crippen molar-refractivity contribution in [3.8, 4) is 0 Å². The van der Waals surface area contributed by atoms with E-state index in [2.05, 4.69) is 0 Å². The molecule has 0 saturated heterocycles. The molecule has 0 bridgehead atoms. The summed E-state index contributed by atoms with van der Waals surface area (Å²) in [5.74, 6) is -28.0. The molecular formula is C16H7F18NO3. The number of rotatable bonds is 8. The van der Waals surface area contributed by atoms with Crippen molar-refractivity contribution in [1.29, 1.82) is 0 Å². The van der Waals surface area contributed by atoms with Gasteiger partial charge < -0.3 is 5.32 Å². The number of aryl methyl sites for hydroxylation is 1. The maximum Gasteiger partial charge on any atom is 0.462 e. The first-order valence-electron chi connectivity index (χ1n) is 8.66. The molecule has 38 heavy (non-hydrogen) atoms. The van der Waals surface area contributed by atoms with Gasteiger partial charge in [0.1, 0.15) is 5.82 Å². The third-order valence-electron chi connectivity index (χ3n) is 4.10. The first-order valence-corrected chi connectivity index (χ1v) is 8.66. The van der Waals surface area contributed by atoms with Crippen LogP contribution in [0.4, 0.5) is 84.7 Å². The minimum Gasteiger partial charge on any atom is -0.320 e. The molecule has 1 aromatic carbocycles. The van der Waals surface area contributed by atoms with Crippen molar-refractivity contribution in [2.24, 2.45) is 0 Å². The fourth-order valence-corrected chi connectivity index (χ4v) is 2.09. The molecule has 2 atom stereocenters. The Hall–Kier alpha value is -2.65. The third-order valence-corrected chi connectivity index (χ3v) is 4.10. The van der Waals surface area contributed by atoms with Crippen LogP contribution >= 0.6 is 0 Å². The van der Waals surface area contributed by atoms with E-state index in [0.717, 1.165) is 6.92 Å². The van der Waals surface area contributed by atoms with Gasteiger partial charge in [-0.2, -0.15) is 74.6 Å². The molecule has 0 fully saturated rings. The average molecular weight is 603 g/mol. The molecule has 2 unspecified atom stereocenters. The summed E-state index contributed by atoms with van der Waals surface area (Å²) in [5.41, 5.74) is -1.69. The Morgan fingerprint density at radius 2 is 1.16 bits per heavy atom. The molecular weight excluding hydrogens is 596 g/mol. The molecule has 0 aliphatic rings. The van der Waals surface area contributed by atoms with Gasteiger partial charge in [-0.3, -0.25) is 14.3 Å². The molecule has 220 valence electrons. The van der Waals surface area contributed by atoms with Crippen molar-refractivity contribution in [2.75, 3.05) is 5.32 Å². The Morgan fingerprint density at radius 1 is 0.684 bits per heavy atom. The van der Waals surface area contributed by atoms with E-state index in [1.807, 2.05) is 4.74 Å². The lowest BCUT2D eigenvalue weighted by Crippen LogP contribution is -2.68. The number of carbonyl (C=O) groups excluding carboxylic acids is 1. The van der Waals surface area contributed by atoms with E-state index in [1.54, 1.807) is 0 Å². The van der Waals surface area contributed by atoms with E-state index in [9.17, 15) is 83.8 Å². The predicted octanol–water partition coefficient (Wildman–Crippen LogP) is 6.95. The van der Waals surface area contributed by atoms with Gasteiger partial charge >= 0.3 is 48.4 Å². The van der Waals surface area contributed by atoms with Gasteiger partial charge in [0.15, 0.2) is 0 Å². The van der Waals surface area contributed by atoms with E-state index in [-0.39, 0.29) is 6.07 Å². The van der Waals surface area contributed by atoms with Crippen LogP contribution in [0.2, 0.25) is 0 Å². The zero-order valence-corrected chi connectivity index (χ0v) is 17.3. The monoisotopic (exact) mass is 603 g/mol. The molecule has 4 nitrogen and oxygen atoms in total. The van der Waals surface area contributed by atoms with Gasteiger partial charge in [-0.15, -0.1) is 0 Å². The summed E-state index contributed by atoms with van der Waals surface area (Å²) < 4.78 is 239. The van der Waals surface area contributed by atoms with E-state index in [1.165, 1.54) is 4.74 Å². The normalized spacial score (nSPS) is 17.6. The molecule has 0 radical (unpaired) electrons. The number of ether oxygens (including phenoxy) is 2. The fraction of sp³-hybridized carbons (Fsp3) is 0.562. The van der Waals surface area contributed by atoms with Crippen molar-refractivity contribution < 1.29 is 93.3 Å². The van der Waals surface area contributed by atoms with Crippen molar-refractivity contribution in [1.82, 2.24) is 0 Å². The summed E-state index contributed by atoms with van der Waals surface area (Å²) in [4.78, 5) is 11.7. The van der Waals surface area contributed by atoms with Gasteiger partial charge in [0.2, 0.25) is 0 Å². The van der Waals surface area contributed by atoms with Crippen molar-refractivity contribution in [2.45, 2.75) is 55.3 Å². The summed E-state index contributed by atoms with van der Waals surface area (Å²) in [5, 5.41) is 0.710. The molecule has 0 spiro atoms. The maximum atomic E-state index is 14.4. The molecule has 22 heteroatoms. The van der Waals surface area contributed by atoms with E-state index in [0.29, 0.717) is 17.4 Å². The molecule has 0 aliphatic heterocycles. The second kappa shape index (κ2) is 9.52. The van der Waals surface area contributed by atoms with Crippen LogP contribution in [0.5, 0.6) is 0 Å². The maximum absolute atomic E-state index is 14.4. The van der Waals surface area contributed by atoms with E-state index >= 15 is 0 Å². The smallest absolute Gasteiger partial charge is 0.320 e. The van der Waals surface area contributed by atoms with Crippen molar-refractivity contribution in [3.05, 3.63) is 29.6 Å². The molecule has 0 saturated carbocycles. The first-order chi connectivity index (χ1) is 16.5. The number of amides is 1. The Morgan fingerprint density at radius 3 is 1.55 bits per heavy atom. The fourth-order valence-electron chi connectivity index (χ4n) is 2.09. The summed E-state index contributed by atoms with van der Waals surface area (Å²) in [6.07, 6.45) is -38.9. The number of benzene rings is 1. The zero-order chi connectivity index (χ0) is 30.6. The highest BCUT2D eigenvalue weighted by molar-refractivity contribution is 5.97. The van der Waals surface area contributed by atoms with Gasteiger partial charge in [0.25, 0.3) is 5.91 Å². The lowest BCUT2D eigenvalue weighted by Gasteiger charge is -2.40. The minimum absolute atomic E-state index is 0.0836. The van der Waals surface area contributed by atoms with Gasteiger partial charge in [-0.05, 0) is 24.6 Å². The number of hydrogen-bond donors (Lipinski definition) is 1. The van der Waals surface area contributed by atoms with Crippen LogP contribution in [0.3, 0.4) is 0 Å². The lowest BCUT2D eigenvalue weighted by atomic mass is 10.1. The highest BCUT2D eigenvalue weighted by Crippen LogP contribution is 2.56. The highest BCUT2D eigenvalue weighted by Gasteiger charge is 2.85. The van der Waals surface area contributed by atoms with Gasteiger partial charge in [0, 0.05) is 5.69 Å². The molecule has 1 amide bonds. The highest BCUT2D eigenvalue weighted by atomic mass is 19.4. The van der Waals surface area contributed by atoms with E-state index in [4.69, 9.17) is 0 Å². The molecule has 1 rings (SSSR count). The quantitative estimate of drug-likeness (QED) is 0.328. The second-order valence-electron chi connectivity index (χ2n) is 6.91. The van der Waals surface area contributed by atoms with Crippen LogP contribution in [0.25, 0.3) is 0 Å². The van der Waals surface area contributed by atoms with Crippen LogP contribution in [0.1, 0.15) is 5.56 Å². The van der Waals surface area contributed by atoms with Gasteiger partial charge in [-0.1, -0.05) is 6.07 Å². The van der Waals surface area contributed by atoms with E-state index < -0.39 is 71.4 Å². The van der Waals surface area contributed by atoms with Crippen LogP contribution < -0.4 is 5.32 Å². The molecule has 0 aliphatic carbocycles. The number of anilines is 1. The number of nitrogens with one attached hydrogen (secondary N) is 1. The summed E-state index contributed by atoms with van der Waals surface area (Å²) in [6.45, 7) is 0.838. The lowest BCUT2D eigenvalue weighted by molar-refractivity contribution is -0.548. The van der Waals surface area contributed by atoms with Crippen LogP contribution in [-0.2, 0) is 14.3 Å². The topological polar surface area (TPSA) is 47.6 Å². The van der Waals surface area contributed by atoms with Crippen LogP contribution in [0, 0.1) is 12.7 Å². The van der Waals surface area contributed by atoms with Crippen molar-refractivity contribution in [3.63, 3.8) is 0 Å². The number of halogens is 18. The average Bonchev–Trinajstić information content (AvgIpc) is 2.67. The largest absolute Gasteiger partial charge is 0.462 e. The standard InChI is InChI=1S/C16H7F18NO3/c1-5-2-3-6(17)4-7(5)35-8(36)9(18,12(22,23)24)37-16(33,34)11(21,14(28,29)30)38-15(31,32)10(19,20)13(25,26)27/h2-4H,1H3,(H,35,36). The number of hydrogen-bond acceptors (Lipinski definition) is 3. The van der Waals surface area contributed by atoms with Gasteiger partial charge in [0.05, 0.1) is 0 Å². The van der Waals surface area contributed by atoms with Crippen LogP contribution in [-0.4, -0.2) is 54.3 Å². The predicted molar refractivity (Wildman–Crippen MR) is 82.6 cm³/mol. The Balaban J connectivity index is 3.67. The first kappa shape index (κ1) is 33.4. The third kappa shape index (κ3) is 5.83. The second-order valence-corrected chi connectivity index (χ2v) is 6.91. The number of alkyl halides is 17. The van der Waals surface area contributed by atoms with Crippen molar-refractivity contribution >= 4 is 11.6 Å². The SMILES string of the molecule is Cc1ccc(F)cc1NC(=O)C(F)(OC(F)(F)C(F)(OC(F)(F)C(F)(F)C(F)(F)F)C(F)(F)F)C(F)(F)F. The van der Waals surface area contributed by atoms with Crippen LogP contribution in [0.15, 0.2) is 18.2 Å². The Bertz CT molecular complexity index is 1030. The summed E-state index contributed by atoms with van der Waals surface area (Å²) >= 11 is 0. The zero-order valence-electron chi connectivity index (χ0n) is 17.3. The molecule has 1 aromatic rings. The summed E-state index contributed by atoms with van der Waals surface area (Å²) in [6, 6.07) is 1.30. The van der Waals surface area contributed by atoms with Gasteiger partial charge in [-0.25, -0.2) is 4.39 Å². The Kier molecular flexibility index (Phi) is 8.36. The molecule has 0 aromatic heterocycles. The molecule has 0 heterocycles. The number of carbonyl (C=O) groups is 1. The Labute approximate surface area is 196 Å².